The van der Waals surface area contributed by atoms with E-state index in [0.717, 1.165) is 12.0 Å². The largest absolute Gasteiger partial charge is 0.355 e. The lowest BCUT2D eigenvalue weighted by Gasteiger charge is -2.12. The molecule has 0 bridgehead atoms. The number of anilines is 2. The minimum atomic E-state index is -0.509. The Morgan fingerprint density at radius 2 is 1.67 bits per heavy atom. The van der Waals surface area contributed by atoms with Crippen molar-refractivity contribution in [3.63, 3.8) is 0 Å². The Hall–Kier alpha value is -3.35. The molecule has 0 aliphatic heterocycles. The lowest BCUT2D eigenvalue weighted by Crippen LogP contribution is -2.39. The van der Waals surface area contributed by atoms with Gasteiger partial charge in [0, 0.05) is 23.5 Å². The van der Waals surface area contributed by atoms with E-state index in [-0.39, 0.29) is 18.4 Å². The molecule has 2 aromatic carbocycles. The molecule has 0 unspecified atom stereocenters. The van der Waals surface area contributed by atoms with Crippen LogP contribution in [-0.4, -0.2) is 30.9 Å². The average molecular weight is 368 g/mol. The SMILES string of the molecule is CCCNC(=O)CNC(=O)Nc1cc(C(=O)Nc2ccccc2)ccc1C. The van der Waals surface area contributed by atoms with Crippen LogP contribution in [0, 0.1) is 6.92 Å². The fraction of sp³-hybridized carbons (Fsp3) is 0.250. The van der Waals surface area contributed by atoms with E-state index in [1.165, 1.54) is 0 Å². The van der Waals surface area contributed by atoms with Gasteiger partial charge in [-0.3, -0.25) is 9.59 Å². The number of hydrogen-bond acceptors (Lipinski definition) is 3. The van der Waals surface area contributed by atoms with Gasteiger partial charge in [-0.2, -0.15) is 0 Å². The normalized spacial score (nSPS) is 10.0. The Bertz CT molecular complexity index is 806. The predicted molar refractivity (Wildman–Crippen MR) is 106 cm³/mol. The van der Waals surface area contributed by atoms with Crippen LogP contribution in [0.1, 0.15) is 29.3 Å². The van der Waals surface area contributed by atoms with E-state index in [0.29, 0.717) is 23.5 Å². The summed E-state index contributed by atoms with van der Waals surface area (Å²) in [6, 6.07) is 13.7. The maximum absolute atomic E-state index is 12.4. The lowest BCUT2D eigenvalue weighted by atomic mass is 10.1. The molecule has 4 N–H and O–H groups in total. The Morgan fingerprint density at radius 1 is 0.926 bits per heavy atom. The second-order valence-electron chi connectivity index (χ2n) is 6.01. The molecule has 7 nitrogen and oxygen atoms in total. The highest BCUT2D eigenvalue weighted by Gasteiger charge is 2.11. The minimum absolute atomic E-state index is 0.112. The molecule has 4 amide bonds. The molecular formula is C20H24N4O3. The number of carbonyl (C=O) groups is 3. The number of carbonyl (C=O) groups excluding carboxylic acids is 3. The molecule has 0 spiro atoms. The highest BCUT2D eigenvalue weighted by Crippen LogP contribution is 2.18. The molecule has 0 aliphatic rings. The van der Waals surface area contributed by atoms with Gasteiger partial charge in [0.05, 0.1) is 6.54 Å². The Kier molecular flexibility index (Phi) is 7.37. The highest BCUT2D eigenvalue weighted by atomic mass is 16.2. The van der Waals surface area contributed by atoms with Crippen molar-refractivity contribution in [2.24, 2.45) is 0 Å². The van der Waals surface area contributed by atoms with Crippen molar-refractivity contribution in [3.05, 3.63) is 59.7 Å². The van der Waals surface area contributed by atoms with E-state index in [4.69, 9.17) is 0 Å². The number of aryl methyl sites for hydroxylation is 1. The molecule has 0 aliphatic carbocycles. The standard InChI is InChI=1S/C20H24N4O3/c1-3-11-21-18(25)13-22-20(27)24-17-12-15(10-9-14(17)2)19(26)23-16-7-5-4-6-8-16/h4-10,12H,3,11,13H2,1-2H3,(H,21,25)(H,23,26)(H2,22,24,27). The Labute approximate surface area is 158 Å². The molecular weight excluding hydrogens is 344 g/mol. The van der Waals surface area contributed by atoms with Crippen LogP contribution in [0.5, 0.6) is 0 Å². The summed E-state index contributed by atoms with van der Waals surface area (Å²) in [5, 5.41) is 10.6. The van der Waals surface area contributed by atoms with E-state index in [2.05, 4.69) is 21.3 Å². The van der Waals surface area contributed by atoms with Gasteiger partial charge in [-0.15, -0.1) is 0 Å². The average Bonchev–Trinajstić information content (AvgIpc) is 2.67. The molecule has 2 aromatic rings. The summed E-state index contributed by atoms with van der Waals surface area (Å²) in [6.07, 6.45) is 0.828. The first-order valence-corrected chi connectivity index (χ1v) is 8.78. The summed E-state index contributed by atoms with van der Waals surface area (Å²) in [6.45, 7) is 4.23. The molecule has 0 heterocycles. The first-order valence-electron chi connectivity index (χ1n) is 8.78. The van der Waals surface area contributed by atoms with Crippen LogP contribution in [-0.2, 0) is 4.79 Å². The molecule has 2 rings (SSSR count). The first kappa shape index (κ1) is 20.0. The van der Waals surface area contributed by atoms with Gasteiger partial charge in [-0.05, 0) is 43.2 Å². The zero-order chi connectivity index (χ0) is 19.6. The quantitative estimate of drug-likeness (QED) is 0.605. The molecule has 0 saturated carbocycles. The molecule has 0 radical (unpaired) electrons. The van der Waals surface area contributed by atoms with Gasteiger partial charge in [0.25, 0.3) is 5.91 Å². The van der Waals surface area contributed by atoms with E-state index in [9.17, 15) is 14.4 Å². The highest BCUT2D eigenvalue weighted by molar-refractivity contribution is 6.05. The van der Waals surface area contributed by atoms with E-state index in [1.807, 2.05) is 32.0 Å². The molecule has 0 saturated heterocycles. The van der Waals surface area contributed by atoms with Crippen LogP contribution in [0.2, 0.25) is 0 Å². The third-order valence-corrected chi connectivity index (χ3v) is 3.76. The number of amides is 4. The third kappa shape index (κ3) is 6.47. The van der Waals surface area contributed by atoms with Gasteiger partial charge in [0.1, 0.15) is 0 Å². The Morgan fingerprint density at radius 3 is 2.37 bits per heavy atom. The van der Waals surface area contributed by atoms with Crippen LogP contribution >= 0.6 is 0 Å². The fourth-order valence-electron chi connectivity index (χ4n) is 2.28. The van der Waals surface area contributed by atoms with E-state index in [1.54, 1.807) is 30.3 Å². The maximum atomic E-state index is 12.4. The summed E-state index contributed by atoms with van der Waals surface area (Å²) in [5.74, 6) is -0.525. The first-order chi connectivity index (χ1) is 13.0. The van der Waals surface area contributed by atoms with Gasteiger partial charge >= 0.3 is 6.03 Å². The Balaban J connectivity index is 1.97. The summed E-state index contributed by atoms with van der Waals surface area (Å²) in [5.41, 5.74) is 2.41. The van der Waals surface area contributed by atoms with E-state index < -0.39 is 6.03 Å². The minimum Gasteiger partial charge on any atom is -0.355 e. The molecule has 0 fully saturated rings. The van der Waals surface area contributed by atoms with Crippen molar-refractivity contribution in [2.75, 3.05) is 23.7 Å². The zero-order valence-electron chi connectivity index (χ0n) is 15.5. The third-order valence-electron chi connectivity index (χ3n) is 3.76. The van der Waals surface area contributed by atoms with E-state index >= 15 is 0 Å². The van der Waals surface area contributed by atoms with Crippen LogP contribution in [0.15, 0.2) is 48.5 Å². The van der Waals surface area contributed by atoms with Crippen LogP contribution in [0.3, 0.4) is 0 Å². The number of hydrogen-bond donors (Lipinski definition) is 4. The van der Waals surface area contributed by atoms with Crippen molar-refractivity contribution >= 4 is 29.2 Å². The van der Waals surface area contributed by atoms with Crippen molar-refractivity contribution in [1.82, 2.24) is 10.6 Å². The van der Waals surface area contributed by atoms with Crippen LogP contribution < -0.4 is 21.3 Å². The van der Waals surface area contributed by atoms with Gasteiger partial charge < -0.3 is 21.3 Å². The summed E-state index contributed by atoms with van der Waals surface area (Å²) in [4.78, 5) is 35.9. The molecule has 0 aromatic heterocycles. The van der Waals surface area contributed by atoms with Crippen LogP contribution in [0.4, 0.5) is 16.2 Å². The number of benzene rings is 2. The monoisotopic (exact) mass is 368 g/mol. The summed E-state index contributed by atoms with van der Waals surface area (Å²) < 4.78 is 0. The van der Waals surface area contributed by atoms with Gasteiger partial charge in [0.15, 0.2) is 0 Å². The number of urea groups is 1. The second kappa shape index (κ2) is 9.96. The van der Waals surface area contributed by atoms with Crippen LogP contribution in [0.25, 0.3) is 0 Å². The molecule has 27 heavy (non-hydrogen) atoms. The van der Waals surface area contributed by atoms with Crippen molar-refractivity contribution in [2.45, 2.75) is 20.3 Å². The number of nitrogens with one attached hydrogen (secondary N) is 4. The van der Waals surface area contributed by atoms with Gasteiger partial charge in [-0.1, -0.05) is 31.2 Å². The lowest BCUT2D eigenvalue weighted by molar-refractivity contribution is -0.120. The smallest absolute Gasteiger partial charge is 0.319 e. The summed E-state index contributed by atoms with van der Waals surface area (Å²) >= 11 is 0. The second-order valence-corrected chi connectivity index (χ2v) is 6.01. The predicted octanol–water partition coefficient (Wildman–Crippen LogP) is 2.90. The van der Waals surface area contributed by atoms with Crippen molar-refractivity contribution in [3.8, 4) is 0 Å². The number of rotatable bonds is 7. The van der Waals surface area contributed by atoms with Gasteiger partial charge in [-0.25, -0.2) is 4.79 Å². The molecule has 7 heteroatoms. The molecule has 0 atom stereocenters. The van der Waals surface area contributed by atoms with Gasteiger partial charge in [0.2, 0.25) is 5.91 Å². The topological polar surface area (TPSA) is 99.3 Å². The summed E-state index contributed by atoms with van der Waals surface area (Å²) in [7, 11) is 0. The maximum Gasteiger partial charge on any atom is 0.319 e. The number of para-hydroxylation sites is 1. The molecule has 142 valence electrons. The van der Waals surface area contributed by atoms with Crippen molar-refractivity contribution in [1.29, 1.82) is 0 Å². The fourth-order valence-corrected chi connectivity index (χ4v) is 2.28. The zero-order valence-corrected chi connectivity index (χ0v) is 15.5. The van der Waals surface area contributed by atoms with Crippen molar-refractivity contribution < 1.29 is 14.4 Å².